The van der Waals surface area contributed by atoms with Gasteiger partial charge in [-0.15, -0.1) is 10.2 Å². The number of hydrogen-bond acceptors (Lipinski definition) is 5. The summed E-state index contributed by atoms with van der Waals surface area (Å²) >= 11 is 0. The second-order valence-corrected chi connectivity index (χ2v) is 8.41. The van der Waals surface area contributed by atoms with Crippen molar-refractivity contribution in [2.24, 2.45) is 18.7 Å². The maximum absolute atomic E-state index is 11.8. The van der Waals surface area contributed by atoms with Crippen LogP contribution in [-0.2, 0) is 12.5 Å². The summed E-state index contributed by atoms with van der Waals surface area (Å²) in [7, 11) is 1.97. The number of aldehydes is 1. The number of benzene rings is 1. The van der Waals surface area contributed by atoms with Crippen LogP contribution in [0.5, 0.6) is 0 Å². The molecule has 5 rings (SSSR count). The Morgan fingerprint density at radius 3 is 2.71 bits per heavy atom. The van der Waals surface area contributed by atoms with Gasteiger partial charge < -0.3 is 14.9 Å². The third-order valence-corrected chi connectivity index (χ3v) is 6.26. The van der Waals surface area contributed by atoms with E-state index in [-0.39, 0.29) is 11.1 Å². The van der Waals surface area contributed by atoms with Gasteiger partial charge in [0.25, 0.3) is 5.91 Å². The van der Waals surface area contributed by atoms with Gasteiger partial charge in [-0.2, -0.15) is 0 Å². The summed E-state index contributed by atoms with van der Waals surface area (Å²) in [6, 6.07) is 11.5. The monoisotopic (exact) mass is 414 g/mol. The highest BCUT2D eigenvalue weighted by Crippen LogP contribution is 2.51. The fraction of sp³-hybridized carbons (Fsp3) is 0.261. The molecule has 1 aliphatic rings. The second-order valence-electron chi connectivity index (χ2n) is 8.41. The fourth-order valence-electron chi connectivity index (χ4n) is 4.96. The quantitative estimate of drug-likeness (QED) is 0.505. The van der Waals surface area contributed by atoms with E-state index in [0.717, 1.165) is 36.2 Å². The van der Waals surface area contributed by atoms with Gasteiger partial charge in [0.05, 0.1) is 16.4 Å². The number of nitrogens with two attached hydrogens (primary N) is 1. The van der Waals surface area contributed by atoms with Crippen LogP contribution in [0.1, 0.15) is 52.0 Å². The van der Waals surface area contributed by atoms with Crippen LogP contribution < -0.4 is 5.73 Å². The number of carbonyl (C=O) groups excluding carboxylic acids is 2. The van der Waals surface area contributed by atoms with E-state index in [2.05, 4.69) is 34.2 Å². The summed E-state index contributed by atoms with van der Waals surface area (Å²) in [6.45, 7) is 2.25. The van der Waals surface area contributed by atoms with Gasteiger partial charge >= 0.3 is 0 Å². The third kappa shape index (κ3) is 2.86. The summed E-state index contributed by atoms with van der Waals surface area (Å²) in [5.74, 6) is 0.900. The summed E-state index contributed by atoms with van der Waals surface area (Å²) in [5, 5.41) is 8.52. The lowest BCUT2D eigenvalue weighted by Crippen LogP contribution is -2.43. The molecule has 3 aromatic heterocycles. The highest BCUT2D eigenvalue weighted by Gasteiger charge is 2.48. The summed E-state index contributed by atoms with van der Waals surface area (Å²) in [4.78, 5) is 27.7. The molecule has 1 aromatic carbocycles. The number of primary amides is 1. The lowest BCUT2D eigenvalue weighted by Gasteiger charge is -2.46. The lowest BCUT2D eigenvalue weighted by molar-refractivity contribution is 0.0996. The Bertz CT molecular complexity index is 1330. The Morgan fingerprint density at radius 1 is 1.26 bits per heavy atom. The van der Waals surface area contributed by atoms with Gasteiger partial charge in [0.15, 0.2) is 6.29 Å². The van der Waals surface area contributed by atoms with E-state index in [0.29, 0.717) is 22.5 Å². The van der Waals surface area contributed by atoms with Gasteiger partial charge in [0.1, 0.15) is 17.8 Å². The summed E-state index contributed by atoms with van der Waals surface area (Å²) in [5.41, 5.74) is 8.89. The van der Waals surface area contributed by atoms with E-state index < -0.39 is 5.91 Å². The SMILES string of the molecule is CC1CC(c2cccc(-n3ccc4nc(C(N)=O)cc(C=O)c43)c2)(c2nncn2C)C1. The first-order chi connectivity index (χ1) is 14.9. The molecular weight excluding hydrogens is 392 g/mol. The van der Waals surface area contributed by atoms with Gasteiger partial charge in [-0.1, -0.05) is 19.1 Å². The normalized spacial score (nSPS) is 20.5. The number of aryl methyl sites for hydroxylation is 1. The number of amides is 1. The van der Waals surface area contributed by atoms with Crippen LogP contribution in [0.25, 0.3) is 16.7 Å². The number of carbonyl (C=O) groups is 2. The molecule has 0 radical (unpaired) electrons. The van der Waals surface area contributed by atoms with Crippen LogP contribution in [0.3, 0.4) is 0 Å². The Morgan fingerprint density at radius 2 is 2.06 bits per heavy atom. The number of fused-ring (bicyclic) bond motifs is 1. The zero-order valence-corrected chi connectivity index (χ0v) is 17.3. The van der Waals surface area contributed by atoms with E-state index in [1.54, 1.807) is 12.4 Å². The van der Waals surface area contributed by atoms with Crippen molar-refractivity contribution in [3.8, 4) is 5.69 Å². The Hall–Kier alpha value is -3.81. The van der Waals surface area contributed by atoms with E-state index in [9.17, 15) is 9.59 Å². The van der Waals surface area contributed by atoms with Crippen molar-refractivity contribution in [1.82, 2.24) is 24.3 Å². The summed E-state index contributed by atoms with van der Waals surface area (Å²) in [6.07, 6.45) is 6.32. The predicted molar refractivity (Wildman–Crippen MR) is 115 cm³/mol. The topological polar surface area (TPSA) is 109 Å². The first-order valence-corrected chi connectivity index (χ1v) is 10.2. The van der Waals surface area contributed by atoms with Crippen molar-refractivity contribution in [3.63, 3.8) is 0 Å². The van der Waals surface area contributed by atoms with Crippen molar-refractivity contribution >= 4 is 23.2 Å². The van der Waals surface area contributed by atoms with E-state index in [1.807, 2.05) is 34.5 Å². The summed E-state index contributed by atoms with van der Waals surface area (Å²) < 4.78 is 3.91. The van der Waals surface area contributed by atoms with Crippen molar-refractivity contribution in [2.45, 2.75) is 25.2 Å². The standard InChI is InChI=1S/C23H22N6O2/c1-14-10-23(11-14,22-27-25-13-28(22)2)16-4-3-5-17(9-16)29-7-6-18-20(29)15(12-30)8-19(26-18)21(24)31/h3-9,12-14H,10-11H2,1-2H3,(H2,24,31). The van der Waals surface area contributed by atoms with Crippen LogP contribution >= 0.6 is 0 Å². The number of hydrogen-bond donors (Lipinski definition) is 1. The van der Waals surface area contributed by atoms with Crippen LogP contribution in [0.15, 0.2) is 48.9 Å². The minimum absolute atomic E-state index is 0.0748. The van der Waals surface area contributed by atoms with E-state index in [4.69, 9.17) is 5.73 Å². The Labute approximate surface area is 178 Å². The minimum Gasteiger partial charge on any atom is -0.364 e. The van der Waals surface area contributed by atoms with Gasteiger partial charge in [0.2, 0.25) is 0 Å². The van der Waals surface area contributed by atoms with Crippen molar-refractivity contribution in [1.29, 1.82) is 0 Å². The molecule has 8 heteroatoms. The molecule has 1 saturated carbocycles. The molecule has 1 fully saturated rings. The first kappa shape index (κ1) is 19.2. The van der Waals surface area contributed by atoms with Crippen LogP contribution in [0.4, 0.5) is 0 Å². The smallest absolute Gasteiger partial charge is 0.267 e. The van der Waals surface area contributed by atoms with Crippen molar-refractivity contribution in [2.75, 3.05) is 0 Å². The van der Waals surface area contributed by atoms with E-state index in [1.165, 1.54) is 6.07 Å². The maximum Gasteiger partial charge on any atom is 0.267 e. The van der Waals surface area contributed by atoms with Gasteiger partial charge in [-0.3, -0.25) is 9.59 Å². The fourth-order valence-corrected chi connectivity index (χ4v) is 4.96. The highest BCUT2D eigenvalue weighted by molar-refractivity contribution is 6.00. The number of aromatic nitrogens is 5. The zero-order valence-electron chi connectivity index (χ0n) is 17.3. The van der Waals surface area contributed by atoms with E-state index >= 15 is 0 Å². The molecule has 0 spiro atoms. The first-order valence-electron chi connectivity index (χ1n) is 10.2. The predicted octanol–water partition coefficient (Wildman–Crippen LogP) is 2.78. The minimum atomic E-state index is -0.663. The third-order valence-electron chi connectivity index (χ3n) is 6.26. The van der Waals surface area contributed by atoms with Gasteiger partial charge in [0, 0.05) is 24.5 Å². The number of rotatable bonds is 5. The van der Waals surface area contributed by atoms with Crippen LogP contribution in [0, 0.1) is 5.92 Å². The molecule has 8 nitrogen and oxygen atoms in total. The second kappa shape index (κ2) is 6.87. The molecule has 1 aliphatic carbocycles. The number of pyridine rings is 1. The largest absolute Gasteiger partial charge is 0.364 e. The molecule has 1 amide bonds. The maximum atomic E-state index is 11.8. The van der Waals surface area contributed by atoms with Crippen molar-refractivity contribution < 1.29 is 9.59 Å². The molecule has 31 heavy (non-hydrogen) atoms. The molecule has 4 aromatic rings. The lowest BCUT2D eigenvalue weighted by atomic mass is 9.58. The highest BCUT2D eigenvalue weighted by atomic mass is 16.1. The molecule has 0 bridgehead atoms. The molecule has 0 atom stereocenters. The molecule has 0 aliphatic heterocycles. The average Bonchev–Trinajstić information content (AvgIpc) is 3.37. The Balaban J connectivity index is 1.66. The van der Waals surface area contributed by atoms with Gasteiger partial charge in [-0.05, 0) is 48.6 Å². The average molecular weight is 414 g/mol. The van der Waals surface area contributed by atoms with Crippen molar-refractivity contribution in [3.05, 3.63) is 71.6 Å². The van der Waals surface area contributed by atoms with Crippen LogP contribution in [0.2, 0.25) is 0 Å². The Kier molecular flexibility index (Phi) is 4.25. The van der Waals surface area contributed by atoms with Gasteiger partial charge in [-0.25, -0.2) is 4.98 Å². The molecule has 3 heterocycles. The molecular formula is C23H22N6O2. The molecule has 156 valence electrons. The number of nitrogens with zero attached hydrogens (tertiary/aromatic N) is 5. The van der Waals surface area contributed by atoms with Crippen LogP contribution in [-0.4, -0.2) is 36.5 Å². The molecule has 0 unspecified atom stereocenters. The zero-order chi connectivity index (χ0) is 21.8. The molecule has 0 saturated heterocycles. The molecule has 2 N–H and O–H groups in total.